The first-order valence-electron chi connectivity index (χ1n) is 8.50. The molecule has 1 aliphatic heterocycles. The quantitative estimate of drug-likeness (QED) is 0.886. The number of hydrogen-bond acceptors (Lipinski definition) is 5. The second-order valence-electron chi connectivity index (χ2n) is 6.88. The Hall–Kier alpha value is -1.99. The summed E-state index contributed by atoms with van der Waals surface area (Å²) in [6.45, 7) is 7.18. The fourth-order valence-electron chi connectivity index (χ4n) is 3.38. The van der Waals surface area contributed by atoms with E-state index < -0.39 is 0 Å². The summed E-state index contributed by atoms with van der Waals surface area (Å²) in [6, 6.07) is 3.14. The Morgan fingerprint density at radius 3 is 2.92 bits per heavy atom. The smallest absolute Gasteiger partial charge is 0.254 e. The largest absolute Gasteiger partial charge is 0.338 e. The molecule has 0 saturated carbocycles. The summed E-state index contributed by atoms with van der Waals surface area (Å²) in [5.41, 5.74) is 3.96. The van der Waals surface area contributed by atoms with Gasteiger partial charge in [-0.1, -0.05) is 0 Å². The number of carbonyl (C=O) groups excluding carboxylic acids is 1. The SMILES string of the molecule is Cc1cc(C(=O)N2CC[C@H](CN(C)Cc3scnc3C)C2)cc(=O)[nH]1. The molecule has 1 N–H and O–H groups in total. The van der Waals surface area contributed by atoms with E-state index in [-0.39, 0.29) is 11.5 Å². The summed E-state index contributed by atoms with van der Waals surface area (Å²) in [7, 11) is 2.11. The minimum absolute atomic E-state index is 0.0438. The summed E-state index contributed by atoms with van der Waals surface area (Å²) in [4.78, 5) is 36.7. The van der Waals surface area contributed by atoms with Crippen LogP contribution in [0.4, 0.5) is 0 Å². The summed E-state index contributed by atoms with van der Waals surface area (Å²) >= 11 is 1.69. The molecule has 25 heavy (non-hydrogen) atoms. The van der Waals surface area contributed by atoms with Crippen molar-refractivity contribution in [1.82, 2.24) is 19.8 Å². The average Bonchev–Trinajstić information content (AvgIpc) is 3.15. The number of aromatic amines is 1. The number of nitrogens with zero attached hydrogens (tertiary/aromatic N) is 3. The molecule has 2 aromatic heterocycles. The fourth-order valence-corrected chi connectivity index (χ4v) is 4.24. The first-order chi connectivity index (χ1) is 11.9. The van der Waals surface area contributed by atoms with Crippen LogP contribution in [0.1, 0.15) is 33.0 Å². The van der Waals surface area contributed by atoms with Gasteiger partial charge in [0, 0.05) is 48.4 Å². The predicted molar refractivity (Wildman–Crippen MR) is 99.0 cm³/mol. The molecule has 0 aliphatic carbocycles. The van der Waals surface area contributed by atoms with E-state index in [1.165, 1.54) is 10.9 Å². The first-order valence-corrected chi connectivity index (χ1v) is 9.38. The molecule has 1 amide bonds. The number of aromatic nitrogens is 2. The zero-order valence-corrected chi connectivity index (χ0v) is 15.7. The second-order valence-corrected chi connectivity index (χ2v) is 7.82. The van der Waals surface area contributed by atoms with E-state index in [2.05, 4.69) is 21.9 Å². The van der Waals surface area contributed by atoms with Crippen LogP contribution in [0.5, 0.6) is 0 Å². The normalized spacial score (nSPS) is 17.4. The summed E-state index contributed by atoms with van der Waals surface area (Å²) in [5.74, 6) is 0.419. The van der Waals surface area contributed by atoms with Gasteiger partial charge in [0.05, 0.1) is 11.2 Å². The third-order valence-electron chi connectivity index (χ3n) is 4.63. The molecule has 0 bridgehead atoms. The third-order valence-corrected chi connectivity index (χ3v) is 5.55. The lowest BCUT2D eigenvalue weighted by Crippen LogP contribution is -2.32. The van der Waals surface area contributed by atoms with E-state index in [4.69, 9.17) is 0 Å². The number of likely N-dealkylation sites (tertiary alicyclic amines) is 1. The highest BCUT2D eigenvalue weighted by Crippen LogP contribution is 2.21. The van der Waals surface area contributed by atoms with Crippen molar-refractivity contribution in [2.45, 2.75) is 26.8 Å². The standard InChI is InChI=1S/C18H24N4O2S/c1-12-6-15(7-17(23)20-12)18(24)22-5-4-14(9-22)8-21(3)10-16-13(2)19-11-25-16/h6-7,11,14H,4-5,8-10H2,1-3H3,(H,20,23)/t14-/m1/s1. The minimum atomic E-state index is -0.223. The van der Waals surface area contributed by atoms with Crippen LogP contribution in [0, 0.1) is 19.8 Å². The number of H-pyrrole nitrogens is 1. The van der Waals surface area contributed by atoms with E-state index >= 15 is 0 Å². The Morgan fingerprint density at radius 2 is 2.24 bits per heavy atom. The van der Waals surface area contributed by atoms with Crippen molar-refractivity contribution in [3.05, 3.63) is 49.8 Å². The van der Waals surface area contributed by atoms with Crippen molar-refractivity contribution in [1.29, 1.82) is 0 Å². The Labute approximate surface area is 151 Å². The molecule has 0 spiro atoms. The molecule has 1 atom stereocenters. The topological polar surface area (TPSA) is 69.3 Å². The van der Waals surface area contributed by atoms with Gasteiger partial charge < -0.3 is 14.8 Å². The van der Waals surface area contributed by atoms with Crippen molar-refractivity contribution in [2.75, 3.05) is 26.7 Å². The van der Waals surface area contributed by atoms with Crippen LogP contribution in [0.15, 0.2) is 22.4 Å². The van der Waals surface area contributed by atoms with Gasteiger partial charge in [-0.15, -0.1) is 11.3 Å². The fraction of sp³-hybridized carbons (Fsp3) is 0.500. The van der Waals surface area contributed by atoms with Gasteiger partial charge in [0.25, 0.3) is 5.91 Å². The Bertz CT molecular complexity index is 813. The molecule has 3 rings (SSSR count). The average molecular weight is 360 g/mol. The van der Waals surface area contributed by atoms with Gasteiger partial charge in [0.1, 0.15) is 0 Å². The molecule has 6 nitrogen and oxygen atoms in total. The molecule has 1 saturated heterocycles. The van der Waals surface area contributed by atoms with Crippen LogP contribution >= 0.6 is 11.3 Å². The Kier molecular flexibility index (Phi) is 5.34. The third kappa shape index (κ3) is 4.35. The lowest BCUT2D eigenvalue weighted by Gasteiger charge is -2.21. The molecular weight excluding hydrogens is 336 g/mol. The van der Waals surface area contributed by atoms with Crippen molar-refractivity contribution >= 4 is 17.2 Å². The van der Waals surface area contributed by atoms with Gasteiger partial charge in [0.2, 0.25) is 5.56 Å². The molecule has 2 aromatic rings. The molecule has 134 valence electrons. The van der Waals surface area contributed by atoms with E-state index in [9.17, 15) is 9.59 Å². The molecule has 1 aliphatic rings. The summed E-state index contributed by atoms with van der Waals surface area (Å²) in [5, 5.41) is 0. The number of carbonyl (C=O) groups is 1. The number of aryl methyl sites for hydroxylation is 2. The lowest BCUT2D eigenvalue weighted by molar-refractivity contribution is 0.0784. The Morgan fingerprint density at radius 1 is 1.44 bits per heavy atom. The maximum absolute atomic E-state index is 12.6. The van der Waals surface area contributed by atoms with Crippen LogP contribution in [0.3, 0.4) is 0 Å². The van der Waals surface area contributed by atoms with Crippen molar-refractivity contribution in [3.8, 4) is 0 Å². The van der Waals surface area contributed by atoms with Gasteiger partial charge in [-0.3, -0.25) is 9.59 Å². The van der Waals surface area contributed by atoms with Gasteiger partial charge in [-0.25, -0.2) is 4.98 Å². The maximum atomic E-state index is 12.6. The monoisotopic (exact) mass is 360 g/mol. The van der Waals surface area contributed by atoms with Crippen LogP contribution in [-0.2, 0) is 6.54 Å². The highest BCUT2D eigenvalue weighted by atomic mass is 32.1. The molecule has 0 unspecified atom stereocenters. The van der Waals surface area contributed by atoms with E-state index in [1.807, 2.05) is 17.3 Å². The highest BCUT2D eigenvalue weighted by Gasteiger charge is 2.28. The van der Waals surface area contributed by atoms with Crippen LogP contribution in [0.2, 0.25) is 0 Å². The van der Waals surface area contributed by atoms with Crippen molar-refractivity contribution in [3.63, 3.8) is 0 Å². The highest BCUT2D eigenvalue weighted by molar-refractivity contribution is 7.09. The van der Waals surface area contributed by atoms with Gasteiger partial charge in [0.15, 0.2) is 0 Å². The number of rotatable bonds is 5. The maximum Gasteiger partial charge on any atom is 0.254 e. The number of nitrogens with one attached hydrogen (secondary N) is 1. The van der Waals surface area contributed by atoms with E-state index in [0.717, 1.165) is 38.3 Å². The van der Waals surface area contributed by atoms with Gasteiger partial charge >= 0.3 is 0 Å². The van der Waals surface area contributed by atoms with Crippen LogP contribution in [0.25, 0.3) is 0 Å². The zero-order valence-electron chi connectivity index (χ0n) is 14.9. The van der Waals surface area contributed by atoms with E-state index in [0.29, 0.717) is 17.2 Å². The number of amides is 1. The van der Waals surface area contributed by atoms with Gasteiger partial charge in [-0.05, 0) is 39.3 Å². The number of hydrogen-bond donors (Lipinski definition) is 1. The summed E-state index contributed by atoms with van der Waals surface area (Å²) < 4.78 is 0. The number of pyridine rings is 1. The molecule has 1 fully saturated rings. The van der Waals surface area contributed by atoms with Crippen LogP contribution < -0.4 is 5.56 Å². The van der Waals surface area contributed by atoms with Crippen molar-refractivity contribution < 1.29 is 4.79 Å². The molecular formula is C18H24N4O2S. The van der Waals surface area contributed by atoms with E-state index in [1.54, 1.807) is 24.3 Å². The van der Waals surface area contributed by atoms with Gasteiger partial charge in [-0.2, -0.15) is 0 Å². The second kappa shape index (κ2) is 7.49. The minimum Gasteiger partial charge on any atom is -0.338 e. The Balaban J connectivity index is 1.57. The molecule has 7 heteroatoms. The zero-order chi connectivity index (χ0) is 18.0. The molecule has 0 aromatic carbocycles. The number of thiazole rings is 1. The molecule has 0 radical (unpaired) electrons. The lowest BCUT2D eigenvalue weighted by atomic mass is 10.1. The van der Waals surface area contributed by atoms with Crippen LogP contribution in [-0.4, -0.2) is 52.4 Å². The van der Waals surface area contributed by atoms with Crippen molar-refractivity contribution in [2.24, 2.45) is 5.92 Å². The first kappa shape index (κ1) is 17.8. The molecule has 3 heterocycles. The predicted octanol–water partition coefficient (Wildman–Crippen LogP) is 2.04. The summed E-state index contributed by atoms with van der Waals surface area (Å²) in [6.07, 6.45) is 1.000.